The van der Waals surface area contributed by atoms with Crippen LogP contribution in [-0.4, -0.2) is 31.2 Å². The highest BCUT2D eigenvalue weighted by molar-refractivity contribution is 6.05. The first-order chi connectivity index (χ1) is 8.33. The average molecular weight is 230 g/mol. The van der Waals surface area contributed by atoms with Crippen LogP contribution in [0.25, 0.3) is 10.9 Å². The van der Waals surface area contributed by atoms with Gasteiger partial charge >= 0.3 is 0 Å². The molecule has 4 heteroatoms. The van der Waals surface area contributed by atoms with E-state index in [1.807, 2.05) is 24.3 Å². The number of carbonyl (C=O) groups is 1. The zero-order valence-corrected chi connectivity index (χ0v) is 9.64. The minimum atomic E-state index is -0.0966. The summed E-state index contributed by atoms with van der Waals surface area (Å²) >= 11 is 0. The zero-order chi connectivity index (χ0) is 12.1. The molecule has 2 rings (SSSR count). The third-order valence-electron chi connectivity index (χ3n) is 2.49. The number of benzene rings is 1. The lowest BCUT2D eigenvalue weighted by molar-refractivity contribution is 0.0938. The quantitative estimate of drug-likeness (QED) is 0.812. The van der Waals surface area contributed by atoms with E-state index in [9.17, 15) is 4.79 Å². The van der Waals surface area contributed by atoms with Gasteiger partial charge in [0, 0.05) is 25.2 Å². The minimum Gasteiger partial charge on any atom is -0.383 e. The van der Waals surface area contributed by atoms with Gasteiger partial charge in [-0.15, -0.1) is 0 Å². The molecule has 0 bridgehead atoms. The van der Waals surface area contributed by atoms with Crippen molar-refractivity contribution in [2.45, 2.75) is 0 Å². The zero-order valence-electron chi connectivity index (χ0n) is 9.64. The summed E-state index contributed by atoms with van der Waals surface area (Å²) in [7, 11) is 1.61. The van der Waals surface area contributed by atoms with Crippen LogP contribution >= 0.6 is 0 Å². The van der Waals surface area contributed by atoms with E-state index in [0.29, 0.717) is 18.7 Å². The summed E-state index contributed by atoms with van der Waals surface area (Å²) in [4.78, 5) is 16.2. The lowest BCUT2D eigenvalue weighted by Crippen LogP contribution is -2.27. The summed E-state index contributed by atoms with van der Waals surface area (Å²) in [6.07, 6.45) is 1.65. The molecule has 1 aromatic carbocycles. The first-order valence-electron chi connectivity index (χ1n) is 5.44. The third-order valence-corrected chi connectivity index (χ3v) is 2.49. The molecule has 0 spiro atoms. The van der Waals surface area contributed by atoms with E-state index in [1.54, 1.807) is 19.4 Å². The molecular weight excluding hydrogens is 216 g/mol. The van der Waals surface area contributed by atoms with Crippen LogP contribution in [0.1, 0.15) is 10.4 Å². The topological polar surface area (TPSA) is 51.2 Å². The highest BCUT2D eigenvalue weighted by Gasteiger charge is 2.08. The highest BCUT2D eigenvalue weighted by Crippen LogP contribution is 2.15. The van der Waals surface area contributed by atoms with Crippen molar-refractivity contribution in [1.29, 1.82) is 0 Å². The van der Waals surface area contributed by atoms with Gasteiger partial charge < -0.3 is 10.1 Å². The standard InChI is InChI=1S/C13H14N2O2/c1-17-9-8-15-13(16)11-6-7-14-12-5-3-2-4-10(11)12/h2-7H,8-9H2,1H3,(H,15,16). The Balaban J connectivity index is 2.26. The Morgan fingerprint density at radius 3 is 3.00 bits per heavy atom. The number of ether oxygens (including phenoxy) is 1. The number of aromatic nitrogens is 1. The van der Waals surface area contributed by atoms with Gasteiger partial charge in [0.05, 0.1) is 17.7 Å². The molecular formula is C13H14N2O2. The number of amides is 1. The molecule has 0 saturated heterocycles. The smallest absolute Gasteiger partial charge is 0.252 e. The fourth-order valence-corrected chi connectivity index (χ4v) is 1.66. The number of nitrogens with one attached hydrogen (secondary N) is 1. The van der Waals surface area contributed by atoms with Crippen molar-refractivity contribution in [1.82, 2.24) is 10.3 Å². The Morgan fingerprint density at radius 2 is 2.18 bits per heavy atom. The molecule has 0 aliphatic carbocycles. The summed E-state index contributed by atoms with van der Waals surface area (Å²) < 4.78 is 4.89. The molecule has 1 heterocycles. The monoisotopic (exact) mass is 230 g/mol. The predicted molar refractivity (Wildman–Crippen MR) is 66.0 cm³/mol. The number of hydrogen-bond donors (Lipinski definition) is 1. The van der Waals surface area contributed by atoms with E-state index in [1.165, 1.54) is 0 Å². The van der Waals surface area contributed by atoms with Crippen molar-refractivity contribution in [2.24, 2.45) is 0 Å². The van der Waals surface area contributed by atoms with E-state index < -0.39 is 0 Å². The second-order valence-corrected chi connectivity index (χ2v) is 3.62. The van der Waals surface area contributed by atoms with Gasteiger partial charge in [0.2, 0.25) is 0 Å². The lowest BCUT2D eigenvalue weighted by Gasteiger charge is -2.06. The molecule has 17 heavy (non-hydrogen) atoms. The maximum Gasteiger partial charge on any atom is 0.252 e. The van der Waals surface area contributed by atoms with Crippen LogP contribution in [-0.2, 0) is 4.74 Å². The number of pyridine rings is 1. The Kier molecular flexibility index (Phi) is 3.67. The lowest BCUT2D eigenvalue weighted by atomic mass is 10.1. The summed E-state index contributed by atoms with van der Waals surface area (Å²) in [6, 6.07) is 9.32. The molecule has 88 valence electrons. The molecule has 1 aromatic heterocycles. The van der Waals surface area contributed by atoms with Crippen LogP contribution in [0.3, 0.4) is 0 Å². The number of para-hydroxylation sites is 1. The van der Waals surface area contributed by atoms with Gasteiger partial charge in [0.15, 0.2) is 0 Å². The number of fused-ring (bicyclic) bond motifs is 1. The molecule has 0 aliphatic rings. The summed E-state index contributed by atoms with van der Waals surface area (Å²) in [5, 5.41) is 3.67. The van der Waals surface area contributed by atoms with Crippen LogP contribution in [0.2, 0.25) is 0 Å². The first-order valence-corrected chi connectivity index (χ1v) is 5.44. The van der Waals surface area contributed by atoms with Gasteiger partial charge in [-0.2, -0.15) is 0 Å². The Morgan fingerprint density at radius 1 is 1.35 bits per heavy atom. The Hall–Kier alpha value is -1.94. The van der Waals surface area contributed by atoms with Gasteiger partial charge in [-0.25, -0.2) is 0 Å². The fourth-order valence-electron chi connectivity index (χ4n) is 1.66. The van der Waals surface area contributed by atoms with Crippen LogP contribution in [0.15, 0.2) is 36.5 Å². The Bertz CT molecular complexity index is 520. The van der Waals surface area contributed by atoms with Crippen molar-refractivity contribution in [3.63, 3.8) is 0 Å². The summed E-state index contributed by atoms with van der Waals surface area (Å²) in [5.74, 6) is -0.0966. The highest BCUT2D eigenvalue weighted by atomic mass is 16.5. The minimum absolute atomic E-state index is 0.0966. The van der Waals surface area contributed by atoms with Gasteiger partial charge in [0.1, 0.15) is 0 Å². The molecule has 1 N–H and O–H groups in total. The number of methoxy groups -OCH3 is 1. The largest absolute Gasteiger partial charge is 0.383 e. The molecule has 2 aromatic rings. The van der Waals surface area contributed by atoms with Crippen LogP contribution in [0.4, 0.5) is 0 Å². The van der Waals surface area contributed by atoms with Crippen molar-refractivity contribution in [3.8, 4) is 0 Å². The van der Waals surface area contributed by atoms with Gasteiger partial charge in [0.25, 0.3) is 5.91 Å². The molecule has 0 fully saturated rings. The second kappa shape index (κ2) is 5.41. The van der Waals surface area contributed by atoms with Gasteiger partial charge in [-0.05, 0) is 12.1 Å². The second-order valence-electron chi connectivity index (χ2n) is 3.62. The molecule has 4 nitrogen and oxygen atoms in total. The number of rotatable bonds is 4. The summed E-state index contributed by atoms with van der Waals surface area (Å²) in [6.45, 7) is 1.01. The molecule has 0 radical (unpaired) electrons. The van der Waals surface area contributed by atoms with E-state index in [0.717, 1.165) is 10.9 Å². The van der Waals surface area contributed by atoms with Gasteiger partial charge in [-0.1, -0.05) is 18.2 Å². The summed E-state index contributed by atoms with van der Waals surface area (Å²) in [5.41, 5.74) is 1.47. The third kappa shape index (κ3) is 2.60. The van der Waals surface area contributed by atoms with Crippen molar-refractivity contribution >= 4 is 16.8 Å². The van der Waals surface area contributed by atoms with Crippen LogP contribution in [0, 0.1) is 0 Å². The van der Waals surface area contributed by atoms with Gasteiger partial charge in [-0.3, -0.25) is 9.78 Å². The Labute approximate surface area is 99.6 Å². The van der Waals surface area contributed by atoms with E-state index >= 15 is 0 Å². The maximum absolute atomic E-state index is 11.9. The van der Waals surface area contributed by atoms with E-state index in [4.69, 9.17) is 4.74 Å². The molecule has 0 aliphatic heterocycles. The molecule has 0 saturated carbocycles. The molecule has 0 atom stereocenters. The van der Waals surface area contributed by atoms with Crippen LogP contribution in [0.5, 0.6) is 0 Å². The molecule has 0 unspecified atom stereocenters. The SMILES string of the molecule is COCCNC(=O)c1ccnc2ccccc12. The van der Waals surface area contributed by atoms with E-state index in [-0.39, 0.29) is 5.91 Å². The maximum atomic E-state index is 11.9. The average Bonchev–Trinajstić information content (AvgIpc) is 2.38. The number of carbonyl (C=O) groups excluding carboxylic acids is 1. The van der Waals surface area contributed by atoms with E-state index in [2.05, 4.69) is 10.3 Å². The van der Waals surface area contributed by atoms with Crippen LogP contribution < -0.4 is 5.32 Å². The number of hydrogen-bond acceptors (Lipinski definition) is 3. The first kappa shape index (κ1) is 11.5. The van der Waals surface area contributed by atoms with Crippen molar-refractivity contribution < 1.29 is 9.53 Å². The molecule has 1 amide bonds. The normalized spacial score (nSPS) is 10.4. The number of nitrogens with zero attached hydrogens (tertiary/aromatic N) is 1. The predicted octanol–water partition coefficient (Wildman–Crippen LogP) is 1.61. The van der Waals surface area contributed by atoms with Crippen molar-refractivity contribution in [2.75, 3.05) is 20.3 Å². The van der Waals surface area contributed by atoms with Crippen molar-refractivity contribution in [3.05, 3.63) is 42.1 Å². The fraction of sp³-hybridized carbons (Fsp3) is 0.231.